The third-order valence-corrected chi connectivity index (χ3v) is 7.49. The molecule has 3 aromatic rings. The van der Waals surface area contributed by atoms with Crippen molar-refractivity contribution < 1.29 is 9.69 Å². The van der Waals surface area contributed by atoms with Gasteiger partial charge in [0.15, 0.2) is 0 Å². The van der Waals surface area contributed by atoms with Gasteiger partial charge in [0.2, 0.25) is 5.91 Å². The van der Waals surface area contributed by atoms with Gasteiger partial charge in [0.1, 0.15) is 6.54 Å². The topological polar surface area (TPSA) is 29.7 Å². The van der Waals surface area contributed by atoms with Crippen LogP contribution in [0.15, 0.2) is 42.5 Å². The number of nitrogens with zero attached hydrogens (tertiary/aromatic N) is 2. The molecule has 0 spiro atoms. The van der Waals surface area contributed by atoms with E-state index >= 15 is 0 Å². The van der Waals surface area contributed by atoms with Crippen LogP contribution < -0.4 is 4.90 Å². The van der Waals surface area contributed by atoms with Crippen LogP contribution in [0.1, 0.15) is 51.0 Å². The van der Waals surface area contributed by atoms with E-state index < -0.39 is 0 Å². The number of hydrogen-bond acceptors (Lipinski definition) is 1. The van der Waals surface area contributed by atoms with Crippen molar-refractivity contribution in [3.05, 3.63) is 48.0 Å². The molecule has 1 amide bonds. The van der Waals surface area contributed by atoms with Gasteiger partial charge in [0, 0.05) is 47.0 Å². The van der Waals surface area contributed by atoms with Crippen molar-refractivity contribution in [2.75, 3.05) is 26.2 Å². The number of aryl methyl sites for hydroxylation is 1. The molecule has 0 saturated carbocycles. The fraction of sp³-hybridized carbons (Fsp3) is 0.519. The molecule has 0 radical (unpaired) electrons. The highest BCUT2D eigenvalue weighted by Crippen LogP contribution is 2.29. The number of quaternary nitrogens is 1. The number of likely N-dealkylation sites (tertiary alicyclic amines) is 2. The molecule has 4 nitrogen and oxygen atoms in total. The summed E-state index contributed by atoms with van der Waals surface area (Å²) in [5.74, 6) is 0.646. The van der Waals surface area contributed by atoms with Crippen molar-refractivity contribution in [3.63, 3.8) is 0 Å². The molecule has 2 fully saturated rings. The smallest absolute Gasteiger partial charge is 0.231 e. The molecular formula is C27H36N3O+. The first-order chi connectivity index (χ1) is 15.2. The minimum Gasteiger partial charge on any atom is -0.342 e. The van der Waals surface area contributed by atoms with E-state index in [2.05, 4.69) is 58.9 Å². The molecule has 2 aliphatic rings. The molecule has 31 heavy (non-hydrogen) atoms. The number of carbonyl (C=O) groups is 1. The summed E-state index contributed by atoms with van der Waals surface area (Å²) >= 11 is 0. The average molecular weight is 419 g/mol. The zero-order valence-electron chi connectivity index (χ0n) is 18.9. The van der Waals surface area contributed by atoms with Crippen LogP contribution in [0.3, 0.4) is 0 Å². The zero-order valence-corrected chi connectivity index (χ0v) is 18.9. The van der Waals surface area contributed by atoms with Crippen LogP contribution in [0.2, 0.25) is 0 Å². The number of fused-ring (bicyclic) bond motifs is 3. The average Bonchev–Trinajstić information content (AvgIpc) is 2.94. The molecule has 2 aliphatic heterocycles. The molecule has 1 unspecified atom stereocenters. The standard InChI is InChI=1S/C27H35N3O/c1-2-30-25-12-6-5-11-23(25)24-18-21(13-14-26(24)30)19-28-15-9-10-22(20-28)27(31)29-16-7-3-4-8-17-29/h5-6,11-14,18,22H,2-4,7-10,15-17,19-20H2,1H3/p+1/t22-/m0/s1. The van der Waals surface area contributed by atoms with Crippen LogP contribution in [0, 0.1) is 5.92 Å². The first kappa shape index (κ1) is 20.6. The van der Waals surface area contributed by atoms with E-state index in [4.69, 9.17) is 0 Å². The van der Waals surface area contributed by atoms with Crippen molar-refractivity contribution in [1.29, 1.82) is 0 Å². The summed E-state index contributed by atoms with van der Waals surface area (Å²) in [6, 6.07) is 15.8. The fourth-order valence-electron chi connectivity index (χ4n) is 5.91. The molecule has 4 heteroatoms. The maximum Gasteiger partial charge on any atom is 0.231 e. The summed E-state index contributed by atoms with van der Waals surface area (Å²) in [5, 5.41) is 2.72. The molecule has 1 aromatic heterocycles. The largest absolute Gasteiger partial charge is 0.342 e. The molecule has 0 aliphatic carbocycles. The van der Waals surface area contributed by atoms with Gasteiger partial charge in [-0.05, 0) is 50.8 Å². The van der Waals surface area contributed by atoms with Crippen LogP contribution in [-0.2, 0) is 17.9 Å². The number of carbonyl (C=O) groups excluding carboxylic acids is 1. The molecule has 0 bridgehead atoms. The highest BCUT2D eigenvalue weighted by atomic mass is 16.2. The molecule has 164 valence electrons. The first-order valence-corrected chi connectivity index (χ1v) is 12.4. The Labute approximate surface area is 185 Å². The van der Waals surface area contributed by atoms with Gasteiger partial charge in [0.25, 0.3) is 0 Å². The summed E-state index contributed by atoms with van der Waals surface area (Å²) in [7, 11) is 0. The molecule has 2 aromatic carbocycles. The molecule has 1 N–H and O–H groups in total. The third-order valence-electron chi connectivity index (χ3n) is 7.49. The van der Waals surface area contributed by atoms with Crippen molar-refractivity contribution in [2.24, 2.45) is 5.92 Å². The van der Waals surface area contributed by atoms with Gasteiger partial charge in [-0.1, -0.05) is 37.1 Å². The Morgan fingerprint density at radius 3 is 2.55 bits per heavy atom. The second-order valence-electron chi connectivity index (χ2n) is 9.57. The second-order valence-corrected chi connectivity index (χ2v) is 9.57. The molecule has 2 atom stereocenters. The van der Waals surface area contributed by atoms with Gasteiger partial charge >= 0.3 is 0 Å². The predicted molar refractivity (Wildman–Crippen MR) is 127 cm³/mol. The number of aromatic nitrogens is 1. The number of nitrogens with one attached hydrogen (secondary N) is 1. The van der Waals surface area contributed by atoms with E-state index in [1.165, 1.54) is 59.6 Å². The minimum atomic E-state index is 0.215. The van der Waals surface area contributed by atoms with E-state index in [1.807, 2.05) is 0 Å². The Morgan fingerprint density at radius 1 is 0.968 bits per heavy atom. The SMILES string of the molecule is CCn1c2ccccc2c2cc(C[NH+]3CCC[C@H](C(=O)N4CCCCCC4)C3)ccc21. The van der Waals surface area contributed by atoms with E-state index in [0.29, 0.717) is 5.91 Å². The third kappa shape index (κ3) is 4.10. The summed E-state index contributed by atoms with van der Waals surface area (Å²) in [4.78, 5) is 16.9. The van der Waals surface area contributed by atoms with Gasteiger partial charge in [-0.3, -0.25) is 4.79 Å². The quantitative estimate of drug-likeness (QED) is 0.682. The maximum absolute atomic E-state index is 13.2. The summed E-state index contributed by atoms with van der Waals surface area (Å²) in [6.45, 7) is 8.35. The second kappa shape index (κ2) is 9.04. The number of para-hydroxylation sites is 1. The normalized spacial score (nSPS) is 22.7. The van der Waals surface area contributed by atoms with Crippen LogP contribution >= 0.6 is 0 Å². The Kier molecular flexibility index (Phi) is 5.99. The summed E-state index contributed by atoms with van der Waals surface area (Å²) < 4.78 is 2.41. The lowest BCUT2D eigenvalue weighted by Crippen LogP contribution is -3.12. The van der Waals surface area contributed by atoms with Crippen LogP contribution in [0.5, 0.6) is 0 Å². The van der Waals surface area contributed by atoms with Crippen molar-refractivity contribution in [3.8, 4) is 0 Å². The van der Waals surface area contributed by atoms with Gasteiger partial charge in [-0.25, -0.2) is 0 Å². The first-order valence-electron chi connectivity index (χ1n) is 12.4. The van der Waals surface area contributed by atoms with E-state index in [9.17, 15) is 4.79 Å². The van der Waals surface area contributed by atoms with E-state index in [0.717, 1.165) is 45.6 Å². The monoisotopic (exact) mass is 418 g/mol. The molecular weight excluding hydrogens is 382 g/mol. The van der Waals surface area contributed by atoms with Crippen LogP contribution in [-0.4, -0.2) is 41.6 Å². The Hall–Kier alpha value is -2.33. The molecule has 3 heterocycles. The van der Waals surface area contributed by atoms with Crippen molar-refractivity contribution in [2.45, 2.75) is 58.5 Å². The zero-order chi connectivity index (χ0) is 21.2. The number of amides is 1. The number of hydrogen-bond donors (Lipinski definition) is 1. The Bertz CT molecular complexity index is 1060. The van der Waals surface area contributed by atoms with Gasteiger partial charge in [0.05, 0.1) is 19.0 Å². The van der Waals surface area contributed by atoms with Crippen LogP contribution in [0.25, 0.3) is 21.8 Å². The number of piperidine rings is 1. The number of rotatable bonds is 4. The fourth-order valence-corrected chi connectivity index (χ4v) is 5.91. The minimum absolute atomic E-state index is 0.215. The van der Waals surface area contributed by atoms with Gasteiger partial charge < -0.3 is 14.4 Å². The molecule has 5 rings (SSSR count). The Morgan fingerprint density at radius 2 is 1.74 bits per heavy atom. The van der Waals surface area contributed by atoms with Crippen molar-refractivity contribution >= 4 is 27.7 Å². The van der Waals surface area contributed by atoms with E-state index in [-0.39, 0.29) is 5.92 Å². The summed E-state index contributed by atoms with van der Waals surface area (Å²) in [5.41, 5.74) is 4.05. The lowest BCUT2D eigenvalue weighted by Gasteiger charge is -2.32. The molecule has 2 saturated heterocycles. The van der Waals surface area contributed by atoms with Crippen molar-refractivity contribution in [1.82, 2.24) is 9.47 Å². The van der Waals surface area contributed by atoms with Crippen LogP contribution in [0.4, 0.5) is 0 Å². The van der Waals surface area contributed by atoms with Gasteiger partial charge in [-0.2, -0.15) is 0 Å². The number of benzene rings is 2. The summed E-state index contributed by atoms with van der Waals surface area (Å²) in [6.07, 6.45) is 7.16. The highest BCUT2D eigenvalue weighted by molar-refractivity contribution is 6.08. The maximum atomic E-state index is 13.2. The van der Waals surface area contributed by atoms with Gasteiger partial charge in [-0.15, -0.1) is 0 Å². The van der Waals surface area contributed by atoms with E-state index in [1.54, 1.807) is 4.90 Å². The Balaban J connectivity index is 1.33. The highest BCUT2D eigenvalue weighted by Gasteiger charge is 2.32. The predicted octanol–water partition coefficient (Wildman–Crippen LogP) is 4.01. The lowest BCUT2D eigenvalue weighted by atomic mass is 9.95. The lowest BCUT2D eigenvalue weighted by molar-refractivity contribution is -0.921.